The summed E-state index contributed by atoms with van der Waals surface area (Å²) < 4.78 is 8.14. The lowest BCUT2D eigenvalue weighted by molar-refractivity contribution is -0.116. The van der Waals surface area contributed by atoms with E-state index in [1.165, 1.54) is 0 Å². The first-order valence-corrected chi connectivity index (χ1v) is 9.58. The number of carbonyl (C=O) groups excluding carboxylic acids is 1. The molecule has 0 saturated carbocycles. The molecular formula is C22H18BrN3O2. The van der Waals surface area contributed by atoms with Crippen molar-refractivity contribution in [3.05, 3.63) is 77.3 Å². The molecule has 0 radical (unpaired) electrons. The quantitative estimate of drug-likeness (QED) is 0.473. The molecule has 0 bridgehead atoms. The molecule has 0 aliphatic rings. The highest BCUT2D eigenvalue weighted by Crippen LogP contribution is 2.26. The van der Waals surface area contributed by atoms with E-state index >= 15 is 0 Å². The average molecular weight is 436 g/mol. The maximum atomic E-state index is 12.7. The molecule has 0 saturated heterocycles. The zero-order valence-corrected chi connectivity index (χ0v) is 16.8. The zero-order valence-electron chi connectivity index (χ0n) is 15.2. The Morgan fingerprint density at radius 2 is 1.75 bits per heavy atom. The predicted octanol–water partition coefficient (Wildman–Crippen LogP) is 5.11. The number of nitrogens with one attached hydrogen (secondary N) is 1. The van der Waals surface area contributed by atoms with Gasteiger partial charge in [-0.3, -0.25) is 4.79 Å². The first-order valence-electron chi connectivity index (χ1n) is 8.79. The standard InChI is InChI=1S/C22H18BrN3O2/c1-28-18-12-6-15(7-13-18)22-25-19-4-2-3-5-20(19)26(22)14-21(27)24-17-10-8-16(23)9-11-17/h2-13H,14H2,1H3,(H,24,27). The van der Waals surface area contributed by atoms with Crippen LogP contribution in [0.15, 0.2) is 77.3 Å². The normalized spacial score (nSPS) is 10.8. The number of para-hydroxylation sites is 2. The van der Waals surface area contributed by atoms with Gasteiger partial charge in [0.25, 0.3) is 0 Å². The number of halogens is 1. The second-order valence-electron chi connectivity index (χ2n) is 6.29. The van der Waals surface area contributed by atoms with Crippen molar-refractivity contribution in [3.63, 3.8) is 0 Å². The second-order valence-corrected chi connectivity index (χ2v) is 7.21. The van der Waals surface area contributed by atoms with Crippen LogP contribution in [-0.2, 0) is 11.3 Å². The van der Waals surface area contributed by atoms with Crippen LogP contribution in [0.4, 0.5) is 5.69 Å². The van der Waals surface area contributed by atoms with Gasteiger partial charge in [0.1, 0.15) is 18.1 Å². The van der Waals surface area contributed by atoms with Crippen LogP contribution in [0, 0.1) is 0 Å². The summed E-state index contributed by atoms with van der Waals surface area (Å²) in [7, 11) is 1.64. The highest BCUT2D eigenvalue weighted by atomic mass is 79.9. The predicted molar refractivity (Wildman–Crippen MR) is 114 cm³/mol. The number of ether oxygens (including phenoxy) is 1. The van der Waals surface area contributed by atoms with Gasteiger partial charge in [0.2, 0.25) is 5.91 Å². The Hall–Kier alpha value is -3.12. The Kier molecular flexibility index (Phi) is 5.12. The first-order chi connectivity index (χ1) is 13.6. The monoisotopic (exact) mass is 435 g/mol. The van der Waals surface area contributed by atoms with Gasteiger partial charge in [0.15, 0.2) is 0 Å². The van der Waals surface area contributed by atoms with E-state index in [-0.39, 0.29) is 12.5 Å². The fraction of sp³-hybridized carbons (Fsp3) is 0.0909. The molecule has 0 unspecified atom stereocenters. The summed E-state index contributed by atoms with van der Waals surface area (Å²) in [4.78, 5) is 17.4. The van der Waals surface area contributed by atoms with Crippen LogP contribution in [0.3, 0.4) is 0 Å². The van der Waals surface area contributed by atoms with Gasteiger partial charge in [-0.25, -0.2) is 4.98 Å². The summed E-state index contributed by atoms with van der Waals surface area (Å²) in [6.07, 6.45) is 0. The number of imidazole rings is 1. The molecule has 5 nitrogen and oxygen atoms in total. The van der Waals surface area contributed by atoms with Crippen LogP contribution in [-0.4, -0.2) is 22.6 Å². The molecule has 140 valence electrons. The van der Waals surface area contributed by atoms with Gasteiger partial charge in [-0.15, -0.1) is 0 Å². The van der Waals surface area contributed by atoms with Crippen LogP contribution in [0.25, 0.3) is 22.4 Å². The molecule has 1 amide bonds. The fourth-order valence-electron chi connectivity index (χ4n) is 3.07. The molecule has 1 heterocycles. The van der Waals surface area contributed by atoms with Crippen molar-refractivity contribution in [1.29, 1.82) is 0 Å². The third kappa shape index (κ3) is 3.77. The summed E-state index contributed by atoms with van der Waals surface area (Å²) >= 11 is 3.40. The summed E-state index contributed by atoms with van der Waals surface area (Å²) in [6.45, 7) is 0.165. The van der Waals surface area contributed by atoms with Crippen molar-refractivity contribution in [3.8, 4) is 17.1 Å². The maximum Gasteiger partial charge on any atom is 0.244 e. The zero-order chi connectivity index (χ0) is 19.5. The number of fused-ring (bicyclic) bond motifs is 1. The number of hydrogen-bond donors (Lipinski definition) is 1. The molecule has 0 atom stereocenters. The molecule has 0 aliphatic heterocycles. The van der Waals surface area contributed by atoms with E-state index < -0.39 is 0 Å². The Labute approximate surface area is 171 Å². The van der Waals surface area contributed by atoms with E-state index in [4.69, 9.17) is 9.72 Å². The first kappa shape index (κ1) is 18.3. The van der Waals surface area contributed by atoms with Crippen LogP contribution in [0.5, 0.6) is 5.75 Å². The number of nitrogens with zero attached hydrogens (tertiary/aromatic N) is 2. The molecule has 0 aliphatic carbocycles. The molecule has 0 spiro atoms. The highest BCUT2D eigenvalue weighted by Gasteiger charge is 2.15. The van der Waals surface area contributed by atoms with E-state index in [1.807, 2.05) is 77.4 Å². The van der Waals surface area contributed by atoms with Gasteiger partial charge >= 0.3 is 0 Å². The van der Waals surface area contributed by atoms with Gasteiger partial charge in [-0.1, -0.05) is 28.1 Å². The Bertz CT molecular complexity index is 1120. The molecule has 0 fully saturated rings. The lowest BCUT2D eigenvalue weighted by Crippen LogP contribution is -2.19. The van der Waals surface area contributed by atoms with Crippen LogP contribution < -0.4 is 10.1 Å². The topological polar surface area (TPSA) is 56.2 Å². The third-order valence-corrected chi connectivity index (χ3v) is 4.96. The number of carbonyl (C=O) groups is 1. The van der Waals surface area contributed by atoms with Crippen LogP contribution in [0.2, 0.25) is 0 Å². The van der Waals surface area contributed by atoms with E-state index in [0.29, 0.717) is 0 Å². The van der Waals surface area contributed by atoms with E-state index in [1.54, 1.807) is 7.11 Å². The molecule has 3 aromatic carbocycles. The summed E-state index contributed by atoms with van der Waals surface area (Å²) in [6, 6.07) is 23.0. The highest BCUT2D eigenvalue weighted by molar-refractivity contribution is 9.10. The van der Waals surface area contributed by atoms with Crippen molar-refractivity contribution in [2.24, 2.45) is 0 Å². The van der Waals surface area contributed by atoms with E-state index in [2.05, 4.69) is 21.2 Å². The third-order valence-electron chi connectivity index (χ3n) is 4.43. The molecule has 4 rings (SSSR count). The lowest BCUT2D eigenvalue weighted by atomic mass is 10.2. The number of methoxy groups -OCH3 is 1. The SMILES string of the molecule is COc1ccc(-c2nc3ccccc3n2CC(=O)Nc2ccc(Br)cc2)cc1. The van der Waals surface area contributed by atoms with Crippen LogP contribution in [0.1, 0.15) is 0 Å². The number of aromatic nitrogens is 2. The van der Waals surface area contributed by atoms with Gasteiger partial charge < -0.3 is 14.6 Å². The number of amides is 1. The van der Waals surface area contributed by atoms with Gasteiger partial charge in [0, 0.05) is 15.7 Å². The van der Waals surface area contributed by atoms with Gasteiger partial charge in [0.05, 0.1) is 18.1 Å². The van der Waals surface area contributed by atoms with Crippen LogP contribution >= 0.6 is 15.9 Å². The largest absolute Gasteiger partial charge is 0.497 e. The smallest absolute Gasteiger partial charge is 0.244 e. The van der Waals surface area contributed by atoms with Crippen molar-refractivity contribution in [2.75, 3.05) is 12.4 Å². The maximum absolute atomic E-state index is 12.7. The molecule has 6 heteroatoms. The summed E-state index contributed by atoms with van der Waals surface area (Å²) in [5.74, 6) is 1.41. The van der Waals surface area contributed by atoms with Crippen molar-refractivity contribution < 1.29 is 9.53 Å². The number of benzene rings is 3. The average Bonchev–Trinajstić information content (AvgIpc) is 3.08. The molecule has 1 aromatic heterocycles. The molecular weight excluding hydrogens is 418 g/mol. The number of anilines is 1. The minimum Gasteiger partial charge on any atom is -0.497 e. The number of rotatable bonds is 5. The van der Waals surface area contributed by atoms with E-state index in [0.717, 1.165) is 38.3 Å². The Morgan fingerprint density at radius 1 is 1.04 bits per heavy atom. The van der Waals surface area contributed by atoms with Crippen molar-refractivity contribution in [2.45, 2.75) is 6.54 Å². The minimum absolute atomic E-state index is 0.111. The minimum atomic E-state index is -0.111. The lowest BCUT2D eigenvalue weighted by Gasteiger charge is -2.11. The fourth-order valence-corrected chi connectivity index (χ4v) is 3.34. The van der Waals surface area contributed by atoms with Crippen molar-refractivity contribution in [1.82, 2.24) is 9.55 Å². The molecule has 28 heavy (non-hydrogen) atoms. The van der Waals surface area contributed by atoms with Crippen molar-refractivity contribution >= 4 is 38.6 Å². The Balaban J connectivity index is 1.68. The second kappa shape index (κ2) is 7.86. The van der Waals surface area contributed by atoms with E-state index in [9.17, 15) is 4.79 Å². The summed E-state index contributed by atoms with van der Waals surface area (Å²) in [5.41, 5.74) is 3.45. The molecule has 4 aromatic rings. The number of hydrogen-bond acceptors (Lipinski definition) is 3. The van der Waals surface area contributed by atoms with Gasteiger partial charge in [-0.05, 0) is 60.7 Å². The Morgan fingerprint density at radius 3 is 2.46 bits per heavy atom. The van der Waals surface area contributed by atoms with Gasteiger partial charge in [-0.2, -0.15) is 0 Å². The molecule has 1 N–H and O–H groups in total. The summed E-state index contributed by atoms with van der Waals surface area (Å²) in [5, 5.41) is 2.94.